The molecule has 0 unspecified atom stereocenters. The minimum Gasteiger partial charge on any atom is -0.384 e. The van der Waals surface area contributed by atoms with Gasteiger partial charge >= 0.3 is 0 Å². The molecule has 0 aliphatic heterocycles. The Labute approximate surface area is 154 Å². The standard InChI is InChI=1S/C20H15ClN4O/c21-15-8-5-13(6-9-15)12-25-20(26)17-4-2-1-3-16(17)19(24-25)14-7-10-18(22)23-11-14/h1-11H,12H2,(H2,22,23). The van der Waals surface area contributed by atoms with Crippen LogP contribution in [0.25, 0.3) is 22.0 Å². The van der Waals surface area contributed by atoms with Crippen molar-refractivity contribution in [2.24, 2.45) is 0 Å². The molecule has 2 aromatic heterocycles. The Bertz CT molecular complexity index is 1140. The van der Waals surface area contributed by atoms with Gasteiger partial charge in [0, 0.05) is 22.2 Å². The highest BCUT2D eigenvalue weighted by molar-refractivity contribution is 6.30. The maximum Gasteiger partial charge on any atom is 0.274 e. The lowest BCUT2D eigenvalue weighted by Crippen LogP contribution is -2.24. The van der Waals surface area contributed by atoms with Crippen molar-refractivity contribution in [2.75, 3.05) is 5.73 Å². The van der Waals surface area contributed by atoms with Crippen LogP contribution in [-0.4, -0.2) is 14.8 Å². The topological polar surface area (TPSA) is 73.8 Å². The largest absolute Gasteiger partial charge is 0.384 e. The van der Waals surface area contributed by atoms with Crippen molar-refractivity contribution in [3.8, 4) is 11.3 Å². The van der Waals surface area contributed by atoms with Gasteiger partial charge in [0.25, 0.3) is 5.56 Å². The van der Waals surface area contributed by atoms with Crippen LogP contribution in [0.15, 0.2) is 71.7 Å². The third kappa shape index (κ3) is 3.05. The first kappa shape index (κ1) is 16.3. The molecule has 128 valence electrons. The molecule has 2 aromatic carbocycles. The van der Waals surface area contributed by atoms with Gasteiger partial charge in [-0.05, 0) is 35.9 Å². The van der Waals surface area contributed by atoms with E-state index in [-0.39, 0.29) is 5.56 Å². The number of anilines is 1. The van der Waals surface area contributed by atoms with E-state index in [1.807, 2.05) is 42.5 Å². The predicted molar refractivity (Wildman–Crippen MR) is 104 cm³/mol. The average molecular weight is 363 g/mol. The lowest BCUT2D eigenvalue weighted by atomic mass is 10.1. The minimum atomic E-state index is -0.136. The summed E-state index contributed by atoms with van der Waals surface area (Å²) in [5.41, 5.74) is 8.00. The minimum absolute atomic E-state index is 0.136. The maximum absolute atomic E-state index is 12.9. The lowest BCUT2D eigenvalue weighted by Gasteiger charge is -2.11. The molecule has 6 heteroatoms. The second-order valence-electron chi connectivity index (χ2n) is 5.96. The Hall–Kier alpha value is -3.18. The highest BCUT2D eigenvalue weighted by atomic mass is 35.5. The summed E-state index contributed by atoms with van der Waals surface area (Å²) in [5, 5.41) is 6.66. The van der Waals surface area contributed by atoms with E-state index in [0.717, 1.165) is 16.5 Å². The highest BCUT2D eigenvalue weighted by Crippen LogP contribution is 2.24. The molecule has 0 saturated carbocycles. The van der Waals surface area contributed by atoms with Crippen molar-refractivity contribution in [3.05, 3.63) is 87.8 Å². The number of aromatic nitrogens is 3. The zero-order valence-electron chi connectivity index (χ0n) is 13.8. The quantitative estimate of drug-likeness (QED) is 0.602. The van der Waals surface area contributed by atoms with Crippen LogP contribution in [0.2, 0.25) is 5.02 Å². The van der Waals surface area contributed by atoms with Gasteiger partial charge in [0.1, 0.15) is 11.5 Å². The van der Waals surface area contributed by atoms with Crippen molar-refractivity contribution >= 4 is 28.2 Å². The number of benzene rings is 2. The summed E-state index contributed by atoms with van der Waals surface area (Å²) in [7, 11) is 0. The third-order valence-corrected chi connectivity index (χ3v) is 4.43. The first-order valence-electron chi connectivity index (χ1n) is 8.08. The second kappa shape index (κ2) is 6.61. The number of nitrogens with two attached hydrogens (primary N) is 1. The van der Waals surface area contributed by atoms with Crippen LogP contribution in [0.4, 0.5) is 5.82 Å². The van der Waals surface area contributed by atoms with Crippen molar-refractivity contribution in [2.45, 2.75) is 6.54 Å². The normalized spacial score (nSPS) is 11.0. The monoisotopic (exact) mass is 362 g/mol. The molecule has 0 aliphatic rings. The zero-order valence-corrected chi connectivity index (χ0v) is 14.5. The molecule has 0 bridgehead atoms. The maximum atomic E-state index is 12.9. The van der Waals surface area contributed by atoms with Gasteiger partial charge in [-0.3, -0.25) is 4.79 Å². The number of hydrogen-bond acceptors (Lipinski definition) is 4. The van der Waals surface area contributed by atoms with Gasteiger partial charge < -0.3 is 5.73 Å². The molecule has 26 heavy (non-hydrogen) atoms. The fourth-order valence-corrected chi connectivity index (χ4v) is 2.99. The molecule has 0 amide bonds. The molecule has 2 heterocycles. The molecule has 0 fully saturated rings. The van der Waals surface area contributed by atoms with E-state index in [1.54, 1.807) is 24.4 Å². The molecule has 4 rings (SSSR count). The Balaban J connectivity index is 1.90. The van der Waals surface area contributed by atoms with Crippen LogP contribution in [0.5, 0.6) is 0 Å². The van der Waals surface area contributed by atoms with Crippen molar-refractivity contribution < 1.29 is 0 Å². The third-order valence-electron chi connectivity index (χ3n) is 4.17. The first-order valence-corrected chi connectivity index (χ1v) is 8.46. The van der Waals surface area contributed by atoms with E-state index in [0.29, 0.717) is 28.5 Å². The van der Waals surface area contributed by atoms with Crippen molar-refractivity contribution in [3.63, 3.8) is 0 Å². The molecule has 4 aromatic rings. The first-order chi connectivity index (χ1) is 12.6. The van der Waals surface area contributed by atoms with Gasteiger partial charge in [0.2, 0.25) is 0 Å². The Morgan fingerprint density at radius 1 is 0.962 bits per heavy atom. The molecular weight excluding hydrogens is 348 g/mol. The lowest BCUT2D eigenvalue weighted by molar-refractivity contribution is 0.651. The van der Waals surface area contributed by atoms with Gasteiger partial charge in [-0.1, -0.05) is 41.9 Å². The smallest absolute Gasteiger partial charge is 0.274 e. The van der Waals surface area contributed by atoms with E-state index in [2.05, 4.69) is 10.1 Å². The van der Waals surface area contributed by atoms with Crippen LogP contribution in [0.3, 0.4) is 0 Å². The molecular formula is C20H15ClN4O. The molecule has 0 radical (unpaired) electrons. The Morgan fingerprint density at radius 3 is 2.38 bits per heavy atom. The molecule has 5 nitrogen and oxygen atoms in total. The molecule has 0 spiro atoms. The van der Waals surface area contributed by atoms with E-state index in [9.17, 15) is 4.79 Å². The number of rotatable bonds is 3. The number of pyridine rings is 1. The number of nitrogens with zero attached hydrogens (tertiary/aromatic N) is 3. The van der Waals surface area contributed by atoms with E-state index in [1.165, 1.54) is 4.68 Å². The fraction of sp³-hybridized carbons (Fsp3) is 0.0500. The number of fused-ring (bicyclic) bond motifs is 1. The number of halogens is 1. The summed E-state index contributed by atoms with van der Waals surface area (Å²) in [6.45, 7) is 0.357. The molecule has 0 saturated heterocycles. The molecule has 0 atom stereocenters. The van der Waals surface area contributed by atoms with Gasteiger partial charge in [0.05, 0.1) is 11.9 Å². The van der Waals surface area contributed by atoms with Crippen LogP contribution in [0.1, 0.15) is 5.56 Å². The number of nitrogen functional groups attached to an aromatic ring is 1. The average Bonchev–Trinajstić information content (AvgIpc) is 2.67. The second-order valence-corrected chi connectivity index (χ2v) is 6.39. The van der Waals surface area contributed by atoms with Gasteiger partial charge in [0.15, 0.2) is 0 Å². The predicted octanol–water partition coefficient (Wildman–Crippen LogP) is 3.74. The van der Waals surface area contributed by atoms with Gasteiger partial charge in [-0.15, -0.1) is 0 Å². The Kier molecular flexibility index (Phi) is 4.14. The summed E-state index contributed by atoms with van der Waals surface area (Å²) < 4.78 is 1.47. The number of hydrogen-bond donors (Lipinski definition) is 1. The highest BCUT2D eigenvalue weighted by Gasteiger charge is 2.12. The van der Waals surface area contributed by atoms with Crippen LogP contribution in [-0.2, 0) is 6.54 Å². The zero-order chi connectivity index (χ0) is 18.1. The fourth-order valence-electron chi connectivity index (χ4n) is 2.86. The van der Waals surface area contributed by atoms with E-state index >= 15 is 0 Å². The van der Waals surface area contributed by atoms with Crippen molar-refractivity contribution in [1.82, 2.24) is 14.8 Å². The van der Waals surface area contributed by atoms with Crippen LogP contribution < -0.4 is 11.3 Å². The van der Waals surface area contributed by atoms with Crippen LogP contribution >= 0.6 is 11.6 Å². The summed E-state index contributed by atoms with van der Waals surface area (Å²) in [5.74, 6) is 0.438. The van der Waals surface area contributed by atoms with E-state index < -0.39 is 0 Å². The summed E-state index contributed by atoms with van der Waals surface area (Å²) in [6.07, 6.45) is 1.67. The van der Waals surface area contributed by atoms with E-state index in [4.69, 9.17) is 17.3 Å². The molecule has 0 aliphatic carbocycles. The summed E-state index contributed by atoms with van der Waals surface area (Å²) in [6, 6.07) is 18.4. The van der Waals surface area contributed by atoms with Crippen molar-refractivity contribution in [1.29, 1.82) is 0 Å². The van der Waals surface area contributed by atoms with Gasteiger partial charge in [-0.25, -0.2) is 9.67 Å². The summed E-state index contributed by atoms with van der Waals surface area (Å²) in [4.78, 5) is 17.0. The Morgan fingerprint density at radius 2 is 1.69 bits per heavy atom. The molecule has 2 N–H and O–H groups in total. The van der Waals surface area contributed by atoms with Crippen LogP contribution in [0, 0.1) is 0 Å². The summed E-state index contributed by atoms with van der Waals surface area (Å²) >= 11 is 5.94. The van der Waals surface area contributed by atoms with Gasteiger partial charge in [-0.2, -0.15) is 5.10 Å². The SMILES string of the molecule is Nc1ccc(-c2nn(Cc3ccc(Cl)cc3)c(=O)c3ccccc23)cn1.